The monoisotopic (exact) mass is 429 g/mol. The summed E-state index contributed by atoms with van der Waals surface area (Å²) in [5.41, 5.74) is 1.58. The van der Waals surface area contributed by atoms with E-state index < -0.39 is 23.5 Å². The fourth-order valence-electron chi connectivity index (χ4n) is 5.54. The largest absolute Gasteiger partial charge is 0.395 e. The second-order valence-corrected chi connectivity index (χ2v) is 8.91. The zero-order valence-corrected chi connectivity index (χ0v) is 18.3. The minimum atomic E-state index is -1.03. The molecule has 0 aromatic heterocycles. The standard InChI is InChI=1S/C23H31N3O5/c1-4-9-24-20(28)17-16-7-8-23(31-16)18(17)22(30)26(10-11-27)19(23)21(29)25-15-12-13(2)5-6-14(15)3/h5-6,12,16-19,27H,4,7-11H2,1-3H3,(H,24,28)(H,25,29)/t16-,17+,18+,19?,23?/m1/s1. The zero-order valence-electron chi connectivity index (χ0n) is 18.3. The van der Waals surface area contributed by atoms with Gasteiger partial charge in [0, 0.05) is 18.8 Å². The fourth-order valence-corrected chi connectivity index (χ4v) is 5.54. The van der Waals surface area contributed by atoms with Gasteiger partial charge in [0.05, 0.1) is 24.5 Å². The van der Waals surface area contributed by atoms with Crippen LogP contribution in [0.2, 0.25) is 0 Å². The van der Waals surface area contributed by atoms with Crippen LogP contribution in [-0.4, -0.2) is 65.2 Å². The van der Waals surface area contributed by atoms with E-state index in [0.29, 0.717) is 25.1 Å². The molecule has 31 heavy (non-hydrogen) atoms. The minimum Gasteiger partial charge on any atom is -0.395 e. The third-order valence-corrected chi connectivity index (χ3v) is 6.89. The van der Waals surface area contributed by atoms with Gasteiger partial charge in [-0.2, -0.15) is 0 Å². The van der Waals surface area contributed by atoms with Gasteiger partial charge in [0.2, 0.25) is 17.7 Å². The lowest BCUT2D eigenvalue weighted by Gasteiger charge is -2.33. The Labute approximate surface area is 182 Å². The van der Waals surface area contributed by atoms with E-state index in [2.05, 4.69) is 10.6 Å². The Kier molecular flexibility index (Phi) is 5.79. The van der Waals surface area contributed by atoms with Crippen LogP contribution < -0.4 is 10.6 Å². The molecule has 1 aromatic carbocycles. The van der Waals surface area contributed by atoms with Crippen molar-refractivity contribution in [1.29, 1.82) is 0 Å². The first-order valence-electron chi connectivity index (χ1n) is 11.1. The summed E-state index contributed by atoms with van der Waals surface area (Å²) in [6.45, 7) is 6.12. The van der Waals surface area contributed by atoms with E-state index in [1.54, 1.807) is 0 Å². The molecule has 0 aliphatic carbocycles. The Morgan fingerprint density at radius 1 is 1.29 bits per heavy atom. The number of β-amino-alcohol motifs (C(OH)–C–C–N with tert-alkyl or cyclic N) is 1. The molecule has 2 unspecified atom stereocenters. The molecule has 1 aromatic rings. The van der Waals surface area contributed by atoms with E-state index in [1.165, 1.54) is 4.90 Å². The third-order valence-electron chi connectivity index (χ3n) is 6.89. The van der Waals surface area contributed by atoms with Crippen LogP contribution in [0.3, 0.4) is 0 Å². The van der Waals surface area contributed by atoms with Crippen LogP contribution in [0.5, 0.6) is 0 Å². The van der Waals surface area contributed by atoms with Crippen molar-refractivity contribution < 1.29 is 24.2 Å². The molecule has 5 atom stereocenters. The average Bonchev–Trinajstić information content (AvgIpc) is 3.37. The maximum Gasteiger partial charge on any atom is 0.250 e. The number of nitrogens with zero attached hydrogens (tertiary/aromatic N) is 1. The summed E-state index contributed by atoms with van der Waals surface area (Å²) in [4.78, 5) is 41.2. The van der Waals surface area contributed by atoms with Crippen molar-refractivity contribution >= 4 is 23.4 Å². The fraction of sp³-hybridized carbons (Fsp3) is 0.609. The van der Waals surface area contributed by atoms with Gasteiger partial charge in [-0.15, -0.1) is 0 Å². The summed E-state index contributed by atoms with van der Waals surface area (Å²) in [6.07, 6.45) is 1.61. The smallest absolute Gasteiger partial charge is 0.250 e. The molecule has 3 aliphatic rings. The number of benzene rings is 1. The van der Waals surface area contributed by atoms with E-state index >= 15 is 0 Å². The van der Waals surface area contributed by atoms with Crippen LogP contribution >= 0.6 is 0 Å². The van der Waals surface area contributed by atoms with Crippen molar-refractivity contribution in [3.05, 3.63) is 29.3 Å². The summed E-state index contributed by atoms with van der Waals surface area (Å²) in [5.74, 6) is -2.12. The van der Waals surface area contributed by atoms with Gasteiger partial charge in [-0.3, -0.25) is 14.4 Å². The van der Waals surface area contributed by atoms with Crippen molar-refractivity contribution in [2.75, 3.05) is 25.0 Å². The highest BCUT2D eigenvalue weighted by molar-refractivity contribution is 6.03. The molecule has 3 amide bonds. The molecule has 8 nitrogen and oxygen atoms in total. The number of amides is 3. The number of ether oxygens (including phenoxy) is 1. The van der Waals surface area contributed by atoms with Gasteiger partial charge in [-0.1, -0.05) is 19.1 Å². The first-order valence-corrected chi connectivity index (χ1v) is 11.1. The third kappa shape index (κ3) is 3.42. The highest BCUT2D eigenvalue weighted by atomic mass is 16.5. The number of fused-ring (bicyclic) bond motifs is 1. The highest BCUT2D eigenvalue weighted by Crippen LogP contribution is 2.58. The molecular weight excluding hydrogens is 398 g/mol. The second-order valence-electron chi connectivity index (χ2n) is 8.91. The van der Waals surface area contributed by atoms with Crippen molar-refractivity contribution in [3.63, 3.8) is 0 Å². The molecule has 3 fully saturated rings. The number of nitrogens with one attached hydrogen (secondary N) is 2. The van der Waals surface area contributed by atoms with Crippen LogP contribution in [0.25, 0.3) is 0 Å². The Bertz CT molecular complexity index is 903. The number of likely N-dealkylation sites (tertiary alicyclic amines) is 1. The number of carbonyl (C=O) groups excluding carboxylic acids is 3. The maximum absolute atomic E-state index is 13.5. The average molecular weight is 430 g/mol. The number of aliphatic hydroxyl groups is 1. The topological polar surface area (TPSA) is 108 Å². The normalized spacial score (nSPS) is 31.1. The number of aliphatic hydroxyl groups excluding tert-OH is 1. The SMILES string of the molecule is CCCNC(=O)[C@@H]1[C@H]2C(=O)N(CCO)C(C(=O)Nc3cc(C)ccc3C)C23CC[C@H]1O3. The number of hydrogen-bond acceptors (Lipinski definition) is 5. The van der Waals surface area contributed by atoms with Gasteiger partial charge in [-0.05, 0) is 50.3 Å². The molecule has 1 spiro atoms. The number of carbonyl (C=O) groups is 3. The molecule has 0 saturated carbocycles. The minimum absolute atomic E-state index is 0.0271. The molecule has 8 heteroatoms. The lowest BCUT2D eigenvalue weighted by molar-refractivity contribution is -0.141. The zero-order chi connectivity index (χ0) is 22.3. The number of rotatable bonds is 7. The van der Waals surface area contributed by atoms with E-state index in [-0.39, 0.29) is 37.0 Å². The highest BCUT2D eigenvalue weighted by Gasteiger charge is 2.74. The first-order chi connectivity index (χ1) is 14.8. The summed E-state index contributed by atoms with van der Waals surface area (Å²) >= 11 is 0. The Hall–Kier alpha value is -2.45. The lowest BCUT2D eigenvalue weighted by Crippen LogP contribution is -2.53. The Balaban J connectivity index is 1.67. The number of aryl methyl sites for hydroxylation is 2. The quantitative estimate of drug-likeness (QED) is 0.602. The van der Waals surface area contributed by atoms with Crippen LogP contribution in [0.15, 0.2) is 18.2 Å². The molecular formula is C23H31N3O5. The van der Waals surface area contributed by atoms with Crippen molar-refractivity contribution in [2.24, 2.45) is 11.8 Å². The van der Waals surface area contributed by atoms with E-state index in [4.69, 9.17) is 4.74 Å². The van der Waals surface area contributed by atoms with E-state index in [1.807, 2.05) is 39.0 Å². The summed E-state index contributed by atoms with van der Waals surface area (Å²) in [6, 6.07) is 4.91. The molecule has 3 aliphatic heterocycles. The molecule has 0 radical (unpaired) electrons. The van der Waals surface area contributed by atoms with Gasteiger partial charge in [-0.25, -0.2) is 0 Å². The molecule has 2 bridgehead atoms. The van der Waals surface area contributed by atoms with Gasteiger partial charge >= 0.3 is 0 Å². The van der Waals surface area contributed by atoms with Crippen LogP contribution in [0, 0.1) is 25.7 Å². The molecule has 3 heterocycles. The predicted molar refractivity (Wildman–Crippen MR) is 114 cm³/mol. The molecule has 3 N–H and O–H groups in total. The molecule has 4 rings (SSSR count). The molecule has 3 saturated heterocycles. The van der Waals surface area contributed by atoms with Gasteiger partial charge in [0.25, 0.3) is 0 Å². The van der Waals surface area contributed by atoms with Crippen molar-refractivity contribution in [1.82, 2.24) is 10.2 Å². The van der Waals surface area contributed by atoms with Gasteiger partial charge in [0.1, 0.15) is 11.6 Å². The number of anilines is 1. The van der Waals surface area contributed by atoms with Crippen LogP contribution in [0.4, 0.5) is 5.69 Å². The molecule has 168 valence electrons. The predicted octanol–water partition coefficient (Wildman–Crippen LogP) is 1.14. The van der Waals surface area contributed by atoms with Crippen LogP contribution in [-0.2, 0) is 19.1 Å². The van der Waals surface area contributed by atoms with Gasteiger partial charge in [0.15, 0.2) is 0 Å². The Morgan fingerprint density at radius 2 is 2.06 bits per heavy atom. The lowest BCUT2D eigenvalue weighted by atomic mass is 9.70. The summed E-state index contributed by atoms with van der Waals surface area (Å²) < 4.78 is 6.30. The first kappa shape index (κ1) is 21.8. The van der Waals surface area contributed by atoms with Gasteiger partial charge < -0.3 is 25.4 Å². The van der Waals surface area contributed by atoms with Crippen molar-refractivity contribution in [2.45, 2.75) is 57.8 Å². The number of hydrogen-bond donors (Lipinski definition) is 3. The second kappa shape index (κ2) is 8.24. The van der Waals surface area contributed by atoms with E-state index in [0.717, 1.165) is 17.5 Å². The maximum atomic E-state index is 13.5. The van der Waals surface area contributed by atoms with Crippen molar-refractivity contribution in [3.8, 4) is 0 Å². The van der Waals surface area contributed by atoms with Crippen LogP contribution in [0.1, 0.15) is 37.3 Å². The summed E-state index contributed by atoms with van der Waals surface area (Å²) in [5, 5.41) is 15.5. The Morgan fingerprint density at radius 3 is 2.77 bits per heavy atom. The summed E-state index contributed by atoms with van der Waals surface area (Å²) in [7, 11) is 0. The van der Waals surface area contributed by atoms with E-state index in [9.17, 15) is 19.5 Å².